The fraction of sp³-hybridized carbons (Fsp3) is 0.588. The Morgan fingerprint density at radius 1 is 1.23 bits per heavy atom. The molecule has 22 heavy (non-hydrogen) atoms. The minimum atomic E-state index is -2.07. The highest BCUT2D eigenvalue weighted by atomic mass is 32.2. The molecule has 1 aliphatic carbocycles. The summed E-state index contributed by atoms with van der Waals surface area (Å²) in [6, 6.07) is 7.35. The maximum atomic E-state index is 12.1. The average molecular weight is 323 g/mol. The number of carbonyl (C=O) groups excluding carboxylic acids is 1. The summed E-state index contributed by atoms with van der Waals surface area (Å²) in [5, 5.41) is 0. The lowest BCUT2D eigenvalue weighted by molar-refractivity contribution is -0.154. The maximum Gasteiger partial charge on any atom is 0.309 e. The minimum Gasteiger partial charge on any atom is -0.772 e. The van der Waals surface area contributed by atoms with Crippen LogP contribution in [-0.4, -0.2) is 20.8 Å². The maximum absolute atomic E-state index is 12.1. The predicted octanol–water partition coefficient (Wildman–Crippen LogP) is 3.12. The third kappa shape index (κ3) is 5.54. The predicted molar refractivity (Wildman–Crippen MR) is 84.9 cm³/mol. The van der Waals surface area contributed by atoms with Crippen LogP contribution in [0, 0.1) is 5.92 Å². The Balaban J connectivity index is 1.83. The van der Waals surface area contributed by atoms with Crippen LogP contribution in [0.2, 0.25) is 0 Å². The fourth-order valence-corrected chi connectivity index (χ4v) is 3.27. The Morgan fingerprint density at radius 2 is 1.82 bits per heavy atom. The third-order valence-electron chi connectivity index (χ3n) is 4.09. The van der Waals surface area contributed by atoms with E-state index in [0.717, 1.165) is 36.8 Å². The van der Waals surface area contributed by atoms with Crippen LogP contribution in [0.15, 0.2) is 24.3 Å². The zero-order chi connectivity index (χ0) is 15.9. The van der Waals surface area contributed by atoms with Gasteiger partial charge in [0.15, 0.2) is 0 Å². The van der Waals surface area contributed by atoms with Crippen LogP contribution in [0.4, 0.5) is 0 Å². The molecular formula is C17H23O4S-. The van der Waals surface area contributed by atoms with Crippen molar-refractivity contribution in [3.63, 3.8) is 0 Å². The molecule has 1 aromatic carbocycles. The van der Waals surface area contributed by atoms with Gasteiger partial charge in [0.2, 0.25) is 0 Å². The lowest BCUT2D eigenvalue weighted by Crippen LogP contribution is -2.25. The molecule has 4 nitrogen and oxygen atoms in total. The summed E-state index contributed by atoms with van der Waals surface area (Å²) >= 11 is -2.07. The highest BCUT2D eigenvalue weighted by Gasteiger charge is 2.21. The van der Waals surface area contributed by atoms with Crippen molar-refractivity contribution in [1.82, 2.24) is 0 Å². The number of benzene rings is 1. The first kappa shape index (κ1) is 17.2. The second kappa shape index (κ2) is 8.44. The number of esters is 1. The van der Waals surface area contributed by atoms with Crippen LogP contribution in [0.1, 0.15) is 50.2 Å². The van der Waals surface area contributed by atoms with Gasteiger partial charge in [0.05, 0.1) is 5.92 Å². The van der Waals surface area contributed by atoms with Gasteiger partial charge >= 0.3 is 5.97 Å². The van der Waals surface area contributed by atoms with Gasteiger partial charge in [0, 0.05) is 5.75 Å². The number of ether oxygens (including phenoxy) is 1. The largest absolute Gasteiger partial charge is 0.772 e. The highest BCUT2D eigenvalue weighted by molar-refractivity contribution is 7.78. The second-order valence-electron chi connectivity index (χ2n) is 6.07. The molecule has 1 saturated carbocycles. The van der Waals surface area contributed by atoms with E-state index in [9.17, 15) is 13.6 Å². The molecule has 2 rings (SSSR count). The van der Waals surface area contributed by atoms with Crippen LogP contribution in [-0.2, 0) is 32.8 Å². The van der Waals surface area contributed by atoms with Gasteiger partial charge < -0.3 is 9.29 Å². The zero-order valence-corrected chi connectivity index (χ0v) is 13.8. The second-order valence-corrected chi connectivity index (χ2v) is 6.96. The molecule has 0 N–H and O–H groups in total. The summed E-state index contributed by atoms with van der Waals surface area (Å²) in [5.74, 6) is -0.280. The van der Waals surface area contributed by atoms with Crippen molar-refractivity contribution in [3.8, 4) is 0 Å². The van der Waals surface area contributed by atoms with Crippen molar-refractivity contribution >= 4 is 17.0 Å². The molecule has 2 unspecified atom stereocenters. The van der Waals surface area contributed by atoms with Crippen molar-refractivity contribution in [2.24, 2.45) is 5.92 Å². The summed E-state index contributed by atoms with van der Waals surface area (Å²) in [6.07, 6.45) is 6.22. The monoisotopic (exact) mass is 323 g/mol. The molecule has 0 spiro atoms. The third-order valence-corrected chi connectivity index (χ3v) is 4.66. The molecule has 1 aliphatic rings. The molecule has 0 amide bonds. The Labute approximate surface area is 134 Å². The zero-order valence-electron chi connectivity index (χ0n) is 13.0. The quantitative estimate of drug-likeness (QED) is 0.596. The van der Waals surface area contributed by atoms with Crippen molar-refractivity contribution in [2.75, 3.05) is 0 Å². The summed E-state index contributed by atoms with van der Waals surface area (Å²) in [6.45, 7) is 1.88. The van der Waals surface area contributed by atoms with E-state index >= 15 is 0 Å². The lowest BCUT2D eigenvalue weighted by atomic mass is 9.97. The average Bonchev–Trinajstić information content (AvgIpc) is 2.49. The van der Waals surface area contributed by atoms with E-state index in [1.807, 2.05) is 19.1 Å². The fourth-order valence-electron chi connectivity index (χ4n) is 2.81. The number of hydrogen-bond donors (Lipinski definition) is 0. The Morgan fingerprint density at radius 3 is 2.41 bits per heavy atom. The molecule has 0 saturated heterocycles. The highest BCUT2D eigenvalue weighted by Crippen LogP contribution is 2.22. The molecule has 1 aromatic rings. The summed E-state index contributed by atoms with van der Waals surface area (Å²) < 4.78 is 26.9. The number of rotatable bonds is 6. The van der Waals surface area contributed by atoms with Gasteiger partial charge in [0.1, 0.15) is 6.10 Å². The van der Waals surface area contributed by atoms with Crippen LogP contribution in [0.3, 0.4) is 0 Å². The van der Waals surface area contributed by atoms with Crippen molar-refractivity contribution < 1.29 is 18.3 Å². The van der Waals surface area contributed by atoms with Crippen LogP contribution in [0.5, 0.6) is 0 Å². The van der Waals surface area contributed by atoms with Gasteiger partial charge in [-0.1, -0.05) is 48.7 Å². The minimum absolute atomic E-state index is 0.0273. The van der Waals surface area contributed by atoms with E-state index in [2.05, 4.69) is 0 Å². The van der Waals surface area contributed by atoms with E-state index in [0.29, 0.717) is 6.42 Å². The van der Waals surface area contributed by atoms with Crippen molar-refractivity contribution in [1.29, 1.82) is 0 Å². The standard InChI is InChI=1S/C17H24O4S/c1-13(17(18)21-16-5-3-2-4-6-16)11-14-7-9-15(10-8-14)12-22(19)20/h7-10,13,16H,2-6,11-12H2,1H3,(H,19,20)/p-1. The molecular weight excluding hydrogens is 300 g/mol. The van der Waals surface area contributed by atoms with Crippen LogP contribution in [0.25, 0.3) is 0 Å². The Bertz CT molecular complexity index is 506. The van der Waals surface area contributed by atoms with E-state index < -0.39 is 11.1 Å². The van der Waals surface area contributed by atoms with Crippen molar-refractivity contribution in [2.45, 2.75) is 57.3 Å². The summed E-state index contributed by atoms with van der Waals surface area (Å²) in [5.41, 5.74) is 1.78. The molecule has 2 atom stereocenters. The first-order valence-corrected chi connectivity index (χ1v) is 9.13. The van der Waals surface area contributed by atoms with Crippen LogP contribution >= 0.6 is 0 Å². The van der Waals surface area contributed by atoms with E-state index in [4.69, 9.17) is 4.74 Å². The Kier molecular flexibility index (Phi) is 6.58. The summed E-state index contributed by atoms with van der Waals surface area (Å²) in [4.78, 5) is 12.1. The first-order chi connectivity index (χ1) is 10.5. The molecule has 0 aromatic heterocycles. The normalized spacial score (nSPS) is 18.6. The van der Waals surface area contributed by atoms with Gasteiger partial charge in [-0.15, -0.1) is 0 Å². The van der Waals surface area contributed by atoms with E-state index in [-0.39, 0.29) is 23.7 Å². The topological polar surface area (TPSA) is 66.4 Å². The van der Waals surface area contributed by atoms with Gasteiger partial charge in [-0.25, -0.2) is 0 Å². The molecule has 1 fully saturated rings. The molecule has 0 bridgehead atoms. The SMILES string of the molecule is CC(Cc1ccc(CS(=O)[O-])cc1)C(=O)OC1CCCCC1. The smallest absolute Gasteiger partial charge is 0.309 e. The Hall–Kier alpha value is -1.20. The first-order valence-electron chi connectivity index (χ1n) is 7.89. The van der Waals surface area contributed by atoms with Crippen LogP contribution < -0.4 is 0 Å². The number of carbonyl (C=O) groups is 1. The lowest BCUT2D eigenvalue weighted by Gasteiger charge is -2.23. The van der Waals surface area contributed by atoms with Gasteiger partial charge in [-0.2, -0.15) is 0 Å². The van der Waals surface area contributed by atoms with E-state index in [1.165, 1.54) is 6.42 Å². The molecule has 122 valence electrons. The molecule has 0 aliphatic heterocycles. The molecule has 0 radical (unpaired) electrons. The number of hydrogen-bond acceptors (Lipinski definition) is 4. The van der Waals surface area contributed by atoms with Crippen molar-refractivity contribution in [3.05, 3.63) is 35.4 Å². The van der Waals surface area contributed by atoms with Gasteiger partial charge in [0.25, 0.3) is 0 Å². The van der Waals surface area contributed by atoms with Gasteiger partial charge in [-0.3, -0.25) is 9.00 Å². The summed E-state index contributed by atoms with van der Waals surface area (Å²) in [7, 11) is 0. The molecule has 5 heteroatoms. The van der Waals surface area contributed by atoms with E-state index in [1.54, 1.807) is 12.1 Å². The van der Waals surface area contributed by atoms with Gasteiger partial charge in [-0.05, 0) is 43.2 Å². The molecule has 0 heterocycles.